The molecule has 1 fully saturated rings. The van der Waals surface area contributed by atoms with Gasteiger partial charge in [0.15, 0.2) is 6.23 Å². The molecule has 4 aromatic rings. The van der Waals surface area contributed by atoms with Crippen LogP contribution in [0.5, 0.6) is 0 Å². The first-order valence-corrected chi connectivity index (χ1v) is 12.4. The van der Waals surface area contributed by atoms with Gasteiger partial charge < -0.3 is 9.64 Å². The number of carbonyl (C=O) groups is 2. The summed E-state index contributed by atoms with van der Waals surface area (Å²) in [6.45, 7) is 0.287. The highest BCUT2D eigenvalue weighted by Gasteiger charge is 2.37. The Labute approximate surface area is 218 Å². The number of ether oxygens (including phenoxy) is 1. The average Bonchev–Trinajstić information content (AvgIpc) is 3.59. The topological polar surface area (TPSA) is 89.7 Å². The highest BCUT2D eigenvalue weighted by Crippen LogP contribution is 2.33. The first-order chi connectivity index (χ1) is 17.9. The normalized spacial score (nSPS) is 16.6. The van der Waals surface area contributed by atoms with Crippen LogP contribution in [0.4, 0.5) is 4.39 Å². The van der Waals surface area contributed by atoms with Gasteiger partial charge in [-0.2, -0.15) is 4.80 Å². The van der Waals surface area contributed by atoms with Crippen molar-refractivity contribution in [3.05, 3.63) is 98.9 Å². The zero-order valence-electron chi connectivity index (χ0n) is 19.3. The number of hydrogen-bond acceptors (Lipinski definition) is 5. The zero-order chi connectivity index (χ0) is 25.5. The number of rotatable bonds is 6. The Hall–Kier alpha value is -4.02. The molecule has 6 rings (SSSR count). The molecule has 0 saturated carbocycles. The van der Waals surface area contributed by atoms with E-state index in [1.54, 1.807) is 17.0 Å². The third-order valence-corrected chi connectivity index (χ3v) is 6.79. The van der Waals surface area contributed by atoms with Crippen LogP contribution in [0.15, 0.2) is 76.2 Å². The lowest BCUT2D eigenvalue weighted by Gasteiger charge is -2.22. The van der Waals surface area contributed by atoms with Crippen molar-refractivity contribution in [2.45, 2.75) is 12.6 Å². The molecule has 37 heavy (non-hydrogen) atoms. The van der Waals surface area contributed by atoms with E-state index in [1.165, 1.54) is 23.0 Å². The molecule has 0 bridgehead atoms. The molecule has 0 spiro atoms. The maximum Gasteiger partial charge on any atom is 0.270 e. The van der Waals surface area contributed by atoms with Crippen LogP contribution in [0.25, 0.3) is 23.0 Å². The van der Waals surface area contributed by atoms with Crippen molar-refractivity contribution in [1.29, 1.82) is 0 Å². The van der Waals surface area contributed by atoms with Crippen LogP contribution in [0.1, 0.15) is 17.5 Å². The number of carbonyl (C=O) groups excluding carboxylic acids is 2. The van der Waals surface area contributed by atoms with E-state index < -0.39 is 6.23 Å². The molecule has 8 nitrogen and oxygen atoms in total. The summed E-state index contributed by atoms with van der Waals surface area (Å²) in [5, 5.41) is 10.8. The van der Waals surface area contributed by atoms with E-state index in [9.17, 15) is 14.0 Å². The van der Waals surface area contributed by atoms with Gasteiger partial charge in [0.2, 0.25) is 0 Å². The molecule has 2 aliphatic rings. The summed E-state index contributed by atoms with van der Waals surface area (Å²) in [5.41, 5.74) is 3.29. The second-order valence-electron chi connectivity index (χ2n) is 8.69. The smallest absolute Gasteiger partial charge is 0.270 e. The quantitative estimate of drug-likeness (QED) is 0.362. The summed E-state index contributed by atoms with van der Waals surface area (Å²) in [6, 6.07) is 19.1. The van der Waals surface area contributed by atoms with Crippen molar-refractivity contribution < 1.29 is 18.7 Å². The Bertz CT molecular complexity index is 1650. The summed E-state index contributed by atoms with van der Waals surface area (Å²) in [4.78, 5) is 31.5. The Balaban J connectivity index is 1.34. The number of nitrogens with zero attached hydrogens (tertiary/aromatic N) is 5. The lowest BCUT2D eigenvalue weighted by Crippen LogP contribution is -2.31. The van der Waals surface area contributed by atoms with E-state index in [1.807, 2.05) is 42.5 Å². The molecule has 3 heterocycles. The number of fused-ring (bicyclic) bond motifs is 1. The monoisotopic (exact) mass is 559 g/mol. The molecule has 1 aromatic heterocycles. The third kappa shape index (κ3) is 4.61. The Morgan fingerprint density at radius 1 is 1.00 bits per heavy atom. The van der Waals surface area contributed by atoms with Crippen molar-refractivity contribution in [3.63, 3.8) is 0 Å². The minimum Gasteiger partial charge on any atom is -0.342 e. The summed E-state index contributed by atoms with van der Waals surface area (Å²) >= 11 is 3.43. The predicted octanol–water partition coefficient (Wildman–Crippen LogP) is 2.88. The Morgan fingerprint density at radius 2 is 1.78 bits per heavy atom. The predicted molar refractivity (Wildman–Crippen MR) is 135 cm³/mol. The van der Waals surface area contributed by atoms with Gasteiger partial charge in [0.05, 0.1) is 11.0 Å². The second kappa shape index (κ2) is 9.45. The van der Waals surface area contributed by atoms with Gasteiger partial charge in [-0.05, 0) is 66.6 Å². The average molecular weight is 560 g/mol. The van der Waals surface area contributed by atoms with Crippen molar-refractivity contribution in [3.8, 4) is 16.9 Å². The molecule has 1 atom stereocenters. The number of hydrogen-bond donors (Lipinski definition) is 0. The lowest BCUT2D eigenvalue weighted by atomic mass is 10.1. The van der Waals surface area contributed by atoms with Crippen molar-refractivity contribution in [2.24, 2.45) is 4.99 Å². The van der Waals surface area contributed by atoms with Crippen molar-refractivity contribution in [1.82, 2.24) is 19.9 Å². The fourth-order valence-electron chi connectivity index (χ4n) is 4.41. The van der Waals surface area contributed by atoms with E-state index in [-0.39, 0.29) is 24.2 Å². The molecular weight excluding hydrogens is 541 g/mol. The van der Waals surface area contributed by atoms with Gasteiger partial charge in [-0.15, -0.1) is 10.2 Å². The highest BCUT2D eigenvalue weighted by molar-refractivity contribution is 9.10. The molecule has 184 valence electrons. The van der Waals surface area contributed by atoms with Gasteiger partial charge in [0.25, 0.3) is 11.8 Å². The van der Waals surface area contributed by atoms with Gasteiger partial charge in [-0.25, -0.2) is 9.38 Å². The van der Waals surface area contributed by atoms with Gasteiger partial charge >= 0.3 is 0 Å². The van der Waals surface area contributed by atoms with Crippen LogP contribution in [-0.4, -0.2) is 44.9 Å². The van der Waals surface area contributed by atoms with Gasteiger partial charge in [-0.3, -0.25) is 9.59 Å². The van der Waals surface area contributed by atoms with Gasteiger partial charge in [0.1, 0.15) is 23.8 Å². The molecule has 2 amide bonds. The van der Waals surface area contributed by atoms with Crippen LogP contribution < -0.4 is 10.6 Å². The van der Waals surface area contributed by atoms with E-state index in [0.29, 0.717) is 35.3 Å². The third-order valence-electron chi connectivity index (χ3n) is 6.26. The molecule has 0 unspecified atom stereocenters. The molecule has 3 aromatic carbocycles. The van der Waals surface area contributed by atoms with Crippen LogP contribution in [0.3, 0.4) is 0 Å². The molecule has 0 radical (unpaired) electrons. The highest BCUT2D eigenvalue weighted by atomic mass is 79.9. The first-order valence-electron chi connectivity index (χ1n) is 11.6. The first kappa shape index (κ1) is 23.4. The van der Waals surface area contributed by atoms with Crippen LogP contribution in [0.2, 0.25) is 0 Å². The van der Waals surface area contributed by atoms with Gasteiger partial charge in [0, 0.05) is 27.9 Å². The molecule has 2 aliphatic heterocycles. The van der Waals surface area contributed by atoms with Crippen molar-refractivity contribution in [2.75, 3.05) is 13.2 Å². The molecule has 10 heteroatoms. The SMILES string of the molecule is O=C1C=c2ccc(CCN3C(=O)CO[C@H]3c3nn(-c4ccc(Br)cc4)nc3-c3ccc(F)cc3)cc2=N1. The van der Waals surface area contributed by atoms with E-state index in [4.69, 9.17) is 9.84 Å². The number of halogens is 2. The fraction of sp³-hybridized carbons (Fsp3) is 0.148. The Morgan fingerprint density at radius 3 is 2.57 bits per heavy atom. The molecule has 0 aliphatic carbocycles. The maximum atomic E-state index is 13.6. The van der Waals surface area contributed by atoms with E-state index >= 15 is 0 Å². The lowest BCUT2D eigenvalue weighted by molar-refractivity contribution is -0.128. The van der Waals surface area contributed by atoms with Crippen LogP contribution >= 0.6 is 15.9 Å². The minimum absolute atomic E-state index is 0.0817. The van der Waals surface area contributed by atoms with E-state index in [0.717, 1.165) is 20.9 Å². The molecular formula is C27H19BrFN5O3. The number of aromatic nitrogens is 3. The standard InChI is InChI=1S/C27H19BrFN5O3/c28-19-5-9-21(10-6-19)34-31-25(17-3-7-20(29)8-4-17)26(32-34)27-33(24(36)15-37-27)12-11-16-1-2-18-14-23(35)30-22(18)13-16/h1-10,13-14,27H,11-12,15H2/t27-/m0/s1. The van der Waals surface area contributed by atoms with Gasteiger partial charge in [-0.1, -0.05) is 28.1 Å². The summed E-state index contributed by atoms with van der Waals surface area (Å²) in [7, 11) is 0. The van der Waals surface area contributed by atoms with Crippen molar-refractivity contribution >= 4 is 33.8 Å². The summed E-state index contributed by atoms with van der Waals surface area (Å²) in [6.07, 6.45) is 1.28. The molecule has 1 saturated heterocycles. The summed E-state index contributed by atoms with van der Waals surface area (Å²) < 4.78 is 20.5. The van der Waals surface area contributed by atoms with Crippen LogP contribution in [0, 0.1) is 5.82 Å². The second-order valence-corrected chi connectivity index (χ2v) is 9.61. The zero-order valence-corrected chi connectivity index (χ0v) is 20.9. The number of amides is 2. The number of benzene rings is 3. The largest absolute Gasteiger partial charge is 0.342 e. The van der Waals surface area contributed by atoms with Crippen LogP contribution in [-0.2, 0) is 20.7 Å². The minimum atomic E-state index is -0.759. The fourth-order valence-corrected chi connectivity index (χ4v) is 4.67. The molecule has 0 N–H and O–H groups in total. The maximum absolute atomic E-state index is 13.6. The van der Waals surface area contributed by atoms with E-state index in [2.05, 4.69) is 26.0 Å². The Kier molecular flexibility index (Phi) is 5.97. The summed E-state index contributed by atoms with van der Waals surface area (Å²) in [5.74, 6) is -0.792.